The van der Waals surface area contributed by atoms with Gasteiger partial charge >= 0.3 is 0 Å². The standard InChI is InChI=1S/C20H21ClN4O/c1-14-5-7-16(8-6-14)19(17-4-3-9-22-10-17)24-20(26)15(2)12-25-13-18(21)11-23-25/h3-11,13,15,19H,12H2,1-2H3,(H,24,26)/t15-,19-/m1/s1. The fourth-order valence-corrected chi connectivity index (χ4v) is 2.91. The summed E-state index contributed by atoms with van der Waals surface area (Å²) in [5.74, 6) is -0.304. The van der Waals surface area contributed by atoms with Gasteiger partial charge in [-0.1, -0.05) is 54.4 Å². The second kappa shape index (κ2) is 8.15. The summed E-state index contributed by atoms with van der Waals surface area (Å²) in [6.45, 7) is 4.38. The number of rotatable bonds is 6. The zero-order valence-corrected chi connectivity index (χ0v) is 15.5. The Morgan fingerprint density at radius 3 is 2.58 bits per heavy atom. The summed E-state index contributed by atoms with van der Waals surface area (Å²) in [5.41, 5.74) is 3.14. The molecular weight excluding hydrogens is 348 g/mol. The second-order valence-corrected chi connectivity index (χ2v) is 6.86. The summed E-state index contributed by atoms with van der Waals surface area (Å²) in [4.78, 5) is 17.0. The van der Waals surface area contributed by atoms with Crippen molar-refractivity contribution in [3.8, 4) is 0 Å². The molecular formula is C20H21ClN4O. The molecule has 0 saturated carbocycles. The molecule has 6 heteroatoms. The Morgan fingerprint density at radius 1 is 1.19 bits per heavy atom. The van der Waals surface area contributed by atoms with Gasteiger partial charge in [0.2, 0.25) is 5.91 Å². The van der Waals surface area contributed by atoms with Crippen molar-refractivity contribution in [2.45, 2.75) is 26.4 Å². The van der Waals surface area contributed by atoms with Crippen LogP contribution in [0.2, 0.25) is 5.02 Å². The van der Waals surface area contributed by atoms with Crippen molar-refractivity contribution in [2.24, 2.45) is 5.92 Å². The minimum absolute atomic E-state index is 0.0500. The minimum Gasteiger partial charge on any atom is -0.345 e. The van der Waals surface area contributed by atoms with E-state index in [2.05, 4.69) is 15.4 Å². The van der Waals surface area contributed by atoms with E-state index in [1.54, 1.807) is 29.5 Å². The Morgan fingerprint density at radius 2 is 1.96 bits per heavy atom. The van der Waals surface area contributed by atoms with Crippen molar-refractivity contribution >= 4 is 17.5 Å². The van der Waals surface area contributed by atoms with Gasteiger partial charge in [-0.15, -0.1) is 0 Å². The number of carbonyl (C=O) groups is 1. The Kier molecular flexibility index (Phi) is 5.68. The summed E-state index contributed by atoms with van der Waals surface area (Å²) >= 11 is 5.89. The number of aromatic nitrogens is 3. The zero-order valence-electron chi connectivity index (χ0n) is 14.8. The number of amides is 1. The first-order valence-corrected chi connectivity index (χ1v) is 8.85. The normalized spacial score (nSPS) is 13.2. The molecule has 2 atom stereocenters. The lowest BCUT2D eigenvalue weighted by molar-refractivity contribution is -0.125. The maximum absolute atomic E-state index is 12.8. The molecule has 1 aromatic carbocycles. The molecule has 1 N–H and O–H groups in total. The fourth-order valence-electron chi connectivity index (χ4n) is 2.75. The van der Waals surface area contributed by atoms with E-state index in [1.165, 1.54) is 5.56 Å². The highest BCUT2D eigenvalue weighted by Gasteiger charge is 2.21. The van der Waals surface area contributed by atoms with Crippen LogP contribution in [0.3, 0.4) is 0 Å². The van der Waals surface area contributed by atoms with Gasteiger partial charge in [-0.3, -0.25) is 14.5 Å². The van der Waals surface area contributed by atoms with Crippen molar-refractivity contribution in [2.75, 3.05) is 0 Å². The number of carbonyl (C=O) groups excluding carboxylic acids is 1. The van der Waals surface area contributed by atoms with Crippen LogP contribution in [0.15, 0.2) is 61.2 Å². The SMILES string of the molecule is Cc1ccc([C@@H](NC(=O)[C@H](C)Cn2cc(Cl)cn2)c2cccnc2)cc1. The maximum Gasteiger partial charge on any atom is 0.225 e. The first kappa shape index (κ1) is 18.1. The number of halogens is 1. The highest BCUT2D eigenvalue weighted by Crippen LogP contribution is 2.22. The molecule has 0 aliphatic heterocycles. The van der Waals surface area contributed by atoms with Crippen LogP contribution in [0.1, 0.15) is 29.7 Å². The zero-order chi connectivity index (χ0) is 18.5. The van der Waals surface area contributed by atoms with Crippen LogP contribution in [0.4, 0.5) is 0 Å². The van der Waals surface area contributed by atoms with E-state index in [1.807, 2.05) is 50.2 Å². The van der Waals surface area contributed by atoms with Crippen LogP contribution >= 0.6 is 11.6 Å². The molecule has 3 rings (SSSR count). The average molecular weight is 369 g/mol. The second-order valence-electron chi connectivity index (χ2n) is 6.42. The van der Waals surface area contributed by atoms with Crippen molar-refractivity contribution in [3.63, 3.8) is 0 Å². The third-order valence-electron chi connectivity index (χ3n) is 4.23. The smallest absolute Gasteiger partial charge is 0.225 e. The Labute approximate surface area is 158 Å². The van der Waals surface area contributed by atoms with Crippen molar-refractivity contribution in [3.05, 3.63) is 82.9 Å². The molecule has 0 aliphatic rings. The lowest BCUT2D eigenvalue weighted by atomic mass is 9.98. The molecule has 0 bridgehead atoms. The van der Waals surface area contributed by atoms with Crippen LogP contribution < -0.4 is 5.32 Å². The van der Waals surface area contributed by atoms with Gasteiger partial charge in [-0.05, 0) is 24.1 Å². The van der Waals surface area contributed by atoms with Crippen molar-refractivity contribution in [1.82, 2.24) is 20.1 Å². The van der Waals surface area contributed by atoms with Crippen molar-refractivity contribution < 1.29 is 4.79 Å². The van der Waals surface area contributed by atoms with Crippen LogP contribution in [0.25, 0.3) is 0 Å². The molecule has 0 fully saturated rings. The summed E-state index contributed by atoms with van der Waals surface area (Å²) in [5, 5.41) is 7.84. The van der Waals surface area contributed by atoms with Gasteiger partial charge in [0.15, 0.2) is 0 Å². The Bertz CT molecular complexity index is 861. The Hall–Kier alpha value is -2.66. The van der Waals surface area contributed by atoms with E-state index in [4.69, 9.17) is 11.6 Å². The van der Waals surface area contributed by atoms with Crippen LogP contribution in [-0.4, -0.2) is 20.7 Å². The van der Waals surface area contributed by atoms with E-state index in [0.717, 1.165) is 11.1 Å². The number of benzene rings is 1. The molecule has 5 nitrogen and oxygen atoms in total. The molecule has 0 unspecified atom stereocenters. The van der Waals surface area contributed by atoms with Gasteiger partial charge in [0.25, 0.3) is 0 Å². The molecule has 0 aliphatic carbocycles. The van der Waals surface area contributed by atoms with Gasteiger partial charge < -0.3 is 5.32 Å². The average Bonchev–Trinajstić information content (AvgIpc) is 3.06. The molecule has 2 heterocycles. The van der Waals surface area contributed by atoms with Crippen LogP contribution in [0.5, 0.6) is 0 Å². The molecule has 0 saturated heterocycles. The van der Waals surface area contributed by atoms with Gasteiger partial charge in [-0.25, -0.2) is 0 Å². The summed E-state index contributed by atoms with van der Waals surface area (Å²) < 4.78 is 1.68. The summed E-state index contributed by atoms with van der Waals surface area (Å²) in [7, 11) is 0. The number of hydrogen-bond acceptors (Lipinski definition) is 3. The van der Waals surface area contributed by atoms with E-state index < -0.39 is 0 Å². The summed E-state index contributed by atoms with van der Waals surface area (Å²) in [6.07, 6.45) is 6.78. The third-order valence-corrected chi connectivity index (χ3v) is 4.42. The fraction of sp³-hybridized carbons (Fsp3) is 0.250. The lowest BCUT2D eigenvalue weighted by Gasteiger charge is -2.22. The molecule has 3 aromatic rings. The highest BCUT2D eigenvalue weighted by molar-refractivity contribution is 6.30. The predicted molar refractivity (Wildman–Crippen MR) is 102 cm³/mol. The van der Waals surface area contributed by atoms with E-state index in [0.29, 0.717) is 11.6 Å². The third kappa shape index (κ3) is 4.49. The van der Waals surface area contributed by atoms with Gasteiger partial charge in [0.05, 0.1) is 29.7 Å². The quantitative estimate of drug-likeness (QED) is 0.720. The van der Waals surface area contributed by atoms with Crippen molar-refractivity contribution in [1.29, 1.82) is 0 Å². The predicted octanol–water partition coefficient (Wildman–Crippen LogP) is 3.78. The first-order chi connectivity index (χ1) is 12.5. The number of nitrogens with zero attached hydrogens (tertiary/aromatic N) is 3. The van der Waals surface area contributed by atoms with Gasteiger partial charge in [0, 0.05) is 18.6 Å². The number of nitrogens with one attached hydrogen (secondary N) is 1. The number of hydrogen-bond donors (Lipinski definition) is 1. The minimum atomic E-state index is -0.254. The van der Waals surface area contributed by atoms with Gasteiger partial charge in [-0.2, -0.15) is 5.10 Å². The molecule has 1 amide bonds. The van der Waals surface area contributed by atoms with E-state index in [-0.39, 0.29) is 17.9 Å². The molecule has 0 radical (unpaired) electrons. The van der Waals surface area contributed by atoms with E-state index >= 15 is 0 Å². The molecule has 134 valence electrons. The van der Waals surface area contributed by atoms with Crippen LogP contribution in [0, 0.1) is 12.8 Å². The summed E-state index contributed by atoms with van der Waals surface area (Å²) in [6, 6.07) is 11.7. The molecule has 26 heavy (non-hydrogen) atoms. The van der Waals surface area contributed by atoms with Gasteiger partial charge in [0.1, 0.15) is 0 Å². The van der Waals surface area contributed by atoms with E-state index in [9.17, 15) is 4.79 Å². The Balaban J connectivity index is 1.78. The lowest BCUT2D eigenvalue weighted by Crippen LogP contribution is -2.35. The first-order valence-electron chi connectivity index (χ1n) is 8.48. The topological polar surface area (TPSA) is 59.8 Å². The number of aryl methyl sites for hydroxylation is 1. The maximum atomic E-state index is 12.8. The monoisotopic (exact) mass is 368 g/mol. The molecule has 0 spiro atoms. The molecule has 2 aromatic heterocycles. The highest BCUT2D eigenvalue weighted by atomic mass is 35.5. The van der Waals surface area contributed by atoms with Crippen LogP contribution in [-0.2, 0) is 11.3 Å². The largest absolute Gasteiger partial charge is 0.345 e. The number of pyridine rings is 1.